The zero-order valence-electron chi connectivity index (χ0n) is 11.1. The van der Waals surface area contributed by atoms with Crippen LogP contribution in [-0.2, 0) is 0 Å². The Bertz CT molecular complexity index is 346. The van der Waals surface area contributed by atoms with Gasteiger partial charge in [0.2, 0.25) is 0 Å². The van der Waals surface area contributed by atoms with Gasteiger partial charge in [-0.1, -0.05) is 19.1 Å². The van der Waals surface area contributed by atoms with Gasteiger partial charge in [-0.2, -0.15) is 0 Å². The van der Waals surface area contributed by atoms with Crippen LogP contribution in [0.2, 0.25) is 0 Å². The Hall–Kier alpha value is -0.510. The van der Waals surface area contributed by atoms with Crippen LogP contribution in [0.5, 0.6) is 0 Å². The molecule has 1 saturated heterocycles. The summed E-state index contributed by atoms with van der Waals surface area (Å²) in [7, 11) is 0. The fourth-order valence-electron chi connectivity index (χ4n) is 2.75. The Balaban J connectivity index is 2.06. The zero-order valence-corrected chi connectivity index (χ0v) is 11.9. The van der Waals surface area contributed by atoms with Gasteiger partial charge in [0.25, 0.3) is 0 Å². The molecule has 0 radical (unpaired) electrons. The molecule has 1 aromatic rings. The third-order valence-electron chi connectivity index (χ3n) is 3.77. The number of benzene rings is 1. The number of aliphatic hydroxyl groups is 1. The second-order valence-corrected chi connectivity index (χ2v) is 6.22. The lowest BCUT2D eigenvalue weighted by Crippen LogP contribution is -2.32. The monoisotopic (exact) mass is 265 g/mol. The van der Waals surface area contributed by atoms with Crippen molar-refractivity contribution in [2.24, 2.45) is 5.92 Å². The molecule has 100 valence electrons. The molecule has 0 bridgehead atoms. The molecule has 1 atom stereocenters. The molecule has 0 spiro atoms. The molecule has 3 heteroatoms. The molecule has 1 unspecified atom stereocenters. The van der Waals surface area contributed by atoms with Gasteiger partial charge in [-0.15, -0.1) is 11.8 Å². The quantitative estimate of drug-likeness (QED) is 0.803. The first-order chi connectivity index (χ1) is 8.85. The summed E-state index contributed by atoms with van der Waals surface area (Å²) in [6.07, 6.45) is 2.35. The van der Waals surface area contributed by atoms with Gasteiger partial charge >= 0.3 is 0 Å². The summed E-state index contributed by atoms with van der Waals surface area (Å²) in [6, 6.07) is 8.77. The maximum atomic E-state index is 9.68. The third-order valence-corrected chi connectivity index (χ3v) is 4.66. The molecule has 2 N–H and O–H groups in total. The minimum absolute atomic E-state index is 0.269. The van der Waals surface area contributed by atoms with E-state index in [-0.39, 0.29) is 6.61 Å². The fraction of sp³-hybridized carbons (Fsp3) is 0.600. The summed E-state index contributed by atoms with van der Waals surface area (Å²) >= 11 is 1.87. The van der Waals surface area contributed by atoms with Crippen molar-refractivity contribution in [1.29, 1.82) is 0 Å². The molecular weight excluding hydrogens is 242 g/mol. The zero-order chi connectivity index (χ0) is 12.8. The molecule has 0 aromatic heterocycles. The van der Waals surface area contributed by atoms with Crippen molar-refractivity contribution in [3.63, 3.8) is 0 Å². The maximum absolute atomic E-state index is 9.68. The Labute approximate surface area is 114 Å². The smallest absolute Gasteiger partial charge is 0.0502 e. The number of rotatable bonds is 5. The van der Waals surface area contributed by atoms with Crippen molar-refractivity contribution in [2.75, 3.05) is 25.4 Å². The van der Waals surface area contributed by atoms with Crippen LogP contribution in [-0.4, -0.2) is 30.6 Å². The first kappa shape index (κ1) is 13.9. The highest BCUT2D eigenvalue weighted by molar-refractivity contribution is 7.99. The topological polar surface area (TPSA) is 32.3 Å². The molecule has 0 aliphatic carbocycles. The molecular formula is C15H23NOS. The van der Waals surface area contributed by atoms with Gasteiger partial charge in [-0.05, 0) is 55.3 Å². The highest BCUT2D eigenvalue weighted by atomic mass is 32.2. The van der Waals surface area contributed by atoms with E-state index in [1.165, 1.54) is 23.3 Å². The summed E-state index contributed by atoms with van der Waals surface area (Å²) in [4.78, 5) is 1.32. The van der Waals surface area contributed by atoms with E-state index in [0.717, 1.165) is 18.8 Å². The van der Waals surface area contributed by atoms with Crippen LogP contribution in [0.4, 0.5) is 0 Å². The van der Waals surface area contributed by atoms with Gasteiger partial charge in [-0.3, -0.25) is 0 Å². The molecule has 1 fully saturated rings. The largest absolute Gasteiger partial charge is 0.396 e. The van der Waals surface area contributed by atoms with Crippen molar-refractivity contribution in [3.8, 4) is 0 Å². The molecule has 2 rings (SSSR count). The maximum Gasteiger partial charge on any atom is 0.0502 e. The summed E-state index contributed by atoms with van der Waals surface area (Å²) in [6.45, 7) is 4.62. The van der Waals surface area contributed by atoms with Crippen molar-refractivity contribution in [2.45, 2.75) is 30.6 Å². The third kappa shape index (κ3) is 3.50. The van der Waals surface area contributed by atoms with E-state index in [1.807, 2.05) is 11.8 Å². The summed E-state index contributed by atoms with van der Waals surface area (Å²) < 4.78 is 0. The highest BCUT2D eigenvalue weighted by Gasteiger charge is 2.24. The molecule has 0 amide bonds. The van der Waals surface area contributed by atoms with E-state index >= 15 is 0 Å². The van der Waals surface area contributed by atoms with E-state index < -0.39 is 0 Å². The van der Waals surface area contributed by atoms with Gasteiger partial charge in [0.1, 0.15) is 0 Å². The van der Waals surface area contributed by atoms with Crippen LogP contribution >= 0.6 is 11.8 Å². The van der Waals surface area contributed by atoms with Crippen LogP contribution in [0.3, 0.4) is 0 Å². The lowest BCUT2D eigenvalue weighted by molar-refractivity contribution is 0.201. The molecule has 0 saturated carbocycles. The van der Waals surface area contributed by atoms with Crippen molar-refractivity contribution in [3.05, 3.63) is 29.8 Å². The summed E-state index contributed by atoms with van der Waals surface area (Å²) in [5.41, 5.74) is 1.30. The van der Waals surface area contributed by atoms with Crippen LogP contribution in [0.25, 0.3) is 0 Å². The van der Waals surface area contributed by atoms with Crippen LogP contribution in [0.1, 0.15) is 31.2 Å². The minimum atomic E-state index is 0.269. The Morgan fingerprint density at radius 3 is 2.50 bits per heavy atom. The number of aliphatic hydroxyl groups excluding tert-OH is 1. The minimum Gasteiger partial charge on any atom is -0.396 e. The number of nitrogens with one attached hydrogen (secondary N) is 1. The average Bonchev–Trinajstić information content (AvgIpc) is 2.43. The predicted octanol–water partition coefficient (Wildman–Crippen LogP) is 2.87. The average molecular weight is 265 g/mol. The SMILES string of the molecule is CCSc1ccc(C(CO)C2CCNCC2)cc1. The Kier molecular flexibility index (Phi) is 5.54. The van der Waals surface area contributed by atoms with Gasteiger partial charge in [-0.25, -0.2) is 0 Å². The Morgan fingerprint density at radius 2 is 1.94 bits per heavy atom. The first-order valence-corrected chi connectivity index (χ1v) is 7.88. The Morgan fingerprint density at radius 1 is 1.28 bits per heavy atom. The van der Waals surface area contributed by atoms with E-state index in [1.54, 1.807) is 0 Å². The molecule has 1 heterocycles. The van der Waals surface area contributed by atoms with Crippen molar-refractivity contribution in [1.82, 2.24) is 5.32 Å². The molecule has 1 aromatic carbocycles. The normalized spacial score (nSPS) is 18.8. The molecule has 1 aliphatic heterocycles. The molecule has 18 heavy (non-hydrogen) atoms. The number of thioether (sulfide) groups is 1. The number of hydrogen-bond donors (Lipinski definition) is 2. The second kappa shape index (κ2) is 7.17. The lowest BCUT2D eigenvalue weighted by Gasteiger charge is -2.30. The van der Waals surface area contributed by atoms with Crippen molar-refractivity contribution < 1.29 is 5.11 Å². The molecule has 1 aliphatic rings. The summed E-state index contributed by atoms with van der Waals surface area (Å²) in [5, 5.41) is 13.1. The highest BCUT2D eigenvalue weighted by Crippen LogP contribution is 2.31. The standard InChI is InChI=1S/C15H23NOS/c1-2-18-14-5-3-12(4-6-14)15(11-17)13-7-9-16-10-8-13/h3-6,13,15-17H,2,7-11H2,1H3. The second-order valence-electron chi connectivity index (χ2n) is 4.88. The van der Waals surface area contributed by atoms with Gasteiger partial charge in [0.05, 0.1) is 6.61 Å². The first-order valence-electron chi connectivity index (χ1n) is 6.89. The van der Waals surface area contributed by atoms with Gasteiger partial charge < -0.3 is 10.4 Å². The van der Waals surface area contributed by atoms with E-state index in [4.69, 9.17) is 0 Å². The fourth-order valence-corrected chi connectivity index (χ4v) is 3.41. The van der Waals surface area contributed by atoms with E-state index in [9.17, 15) is 5.11 Å². The van der Waals surface area contributed by atoms with Crippen LogP contribution in [0.15, 0.2) is 29.2 Å². The van der Waals surface area contributed by atoms with Crippen LogP contribution < -0.4 is 5.32 Å². The van der Waals surface area contributed by atoms with E-state index in [2.05, 4.69) is 36.5 Å². The van der Waals surface area contributed by atoms with Gasteiger partial charge in [0.15, 0.2) is 0 Å². The van der Waals surface area contributed by atoms with Crippen LogP contribution in [0, 0.1) is 5.92 Å². The van der Waals surface area contributed by atoms with Crippen molar-refractivity contribution >= 4 is 11.8 Å². The summed E-state index contributed by atoms with van der Waals surface area (Å²) in [5.74, 6) is 2.05. The number of hydrogen-bond acceptors (Lipinski definition) is 3. The lowest BCUT2D eigenvalue weighted by atomic mass is 9.81. The van der Waals surface area contributed by atoms with Gasteiger partial charge in [0, 0.05) is 10.8 Å². The molecule has 2 nitrogen and oxygen atoms in total. The van der Waals surface area contributed by atoms with E-state index in [0.29, 0.717) is 11.8 Å². The number of piperidine rings is 1. The predicted molar refractivity (Wildman–Crippen MR) is 78.3 cm³/mol.